The van der Waals surface area contributed by atoms with E-state index in [-0.39, 0.29) is 0 Å². The smallest absolute Gasteiger partial charge is 0.156 e. The maximum atomic E-state index is 6.16. The SMILES string of the molecule is Cc1c(CC2CCCN2)nc2c(Cl)cccn12. The molecule has 1 saturated heterocycles. The molecule has 0 aromatic carbocycles. The van der Waals surface area contributed by atoms with Crippen molar-refractivity contribution in [2.24, 2.45) is 0 Å². The van der Waals surface area contributed by atoms with Gasteiger partial charge in [0.05, 0.1) is 10.7 Å². The number of nitrogens with zero attached hydrogens (tertiary/aromatic N) is 2. The summed E-state index contributed by atoms with van der Waals surface area (Å²) in [5, 5.41) is 4.23. The summed E-state index contributed by atoms with van der Waals surface area (Å²) in [7, 11) is 0. The van der Waals surface area contributed by atoms with Crippen molar-refractivity contribution in [3.63, 3.8) is 0 Å². The third kappa shape index (κ3) is 1.94. The molecule has 3 rings (SSSR count). The predicted octanol–water partition coefficient (Wildman–Crippen LogP) is 2.59. The Labute approximate surface area is 106 Å². The van der Waals surface area contributed by atoms with Gasteiger partial charge >= 0.3 is 0 Å². The molecule has 17 heavy (non-hydrogen) atoms. The molecule has 4 heteroatoms. The molecular formula is C13H16ClN3. The summed E-state index contributed by atoms with van der Waals surface area (Å²) in [4.78, 5) is 4.67. The maximum absolute atomic E-state index is 6.16. The fraction of sp³-hybridized carbons (Fsp3) is 0.462. The van der Waals surface area contributed by atoms with E-state index >= 15 is 0 Å². The molecule has 1 fully saturated rings. The van der Waals surface area contributed by atoms with Gasteiger partial charge in [-0.15, -0.1) is 0 Å². The van der Waals surface area contributed by atoms with E-state index in [0.717, 1.165) is 29.3 Å². The number of hydrogen-bond donors (Lipinski definition) is 1. The third-order valence-corrected chi connectivity index (χ3v) is 3.84. The Morgan fingerprint density at radius 1 is 1.59 bits per heavy atom. The van der Waals surface area contributed by atoms with E-state index in [1.165, 1.54) is 18.5 Å². The van der Waals surface area contributed by atoms with Gasteiger partial charge in [0.25, 0.3) is 0 Å². The monoisotopic (exact) mass is 249 g/mol. The molecule has 2 aromatic heterocycles. The number of aryl methyl sites for hydroxylation is 1. The zero-order chi connectivity index (χ0) is 11.8. The molecule has 0 radical (unpaired) electrons. The first kappa shape index (κ1) is 11.1. The minimum Gasteiger partial charge on any atom is -0.314 e. The highest BCUT2D eigenvalue weighted by Gasteiger charge is 2.18. The van der Waals surface area contributed by atoms with E-state index in [4.69, 9.17) is 11.6 Å². The van der Waals surface area contributed by atoms with Gasteiger partial charge in [0.1, 0.15) is 0 Å². The van der Waals surface area contributed by atoms with Crippen molar-refractivity contribution in [3.05, 3.63) is 34.7 Å². The number of halogens is 1. The van der Waals surface area contributed by atoms with Crippen molar-refractivity contribution in [2.75, 3.05) is 6.54 Å². The molecular weight excluding hydrogens is 234 g/mol. The van der Waals surface area contributed by atoms with E-state index in [1.807, 2.05) is 18.3 Å². The van der Waals surface area contributed by atoms with Crippen molar-refractivity contribution in [1.29, 1.82) is 0 Å². The normalized spacial score (nSPS) is 20.2. The van der Waals surface area contributed by atoms with Crippen molar-refractivity contribution in [2.45, 2.75) is 32.2 Å². The molecule has 0 amide bonds. The summed E-state index contributed by atoms with van der Waals surface area (Å²) in [6.07, 6.45) is 5.55. The molecule has 3 heterocycles. The Bertz CT molecular complexity index is 541. The second-order valence-electron chi connectivity index (χ2n) is 4.69. The summed E-state index contributed by atoms with van der Waals surface area (Å²) in [5.74, 6) is 0. The second-order valence-corrected chi connectivity index (χ2v) is 5.10. The lowest BCUT2D eigenvalue weighted by Gasteiger charge is -2.07. The largest absolute Gasteiger partial charge is 0.314 e. The van der Waals surface area contributed by atoms with Crippen LogP contribution in [0.3, 0.4) is 0 Å². The van der Waals surface area contributed by atoms with Gasteiger partial charge in [-0.3, -0.25) is 0 Å². The van der Waals surface area contributed by atoms with Gasteiger partial charge in [0.2, 0.25) is 0 Å². The summed E-state index contributed by atoms with van der Waals surface area (Å²) in [5.41, 5.74) is 3.24. The minimum atomic E-state index is 0.581. The third-order valence-electron chi connectivity index (χ3n) is 3.54. The lowest BCUT2D eigenvalue weighted by Crippen LogP contribution is -2.24. The van der Waals surface area contributed by atoms with E-state index < -0.39 is 0 Å². The molecule has 1 unspecified atom stereocenters. The van der Waals surface area contributed by atoms with Crippen LogP contribution < -0.4 is 5.32 Å². The number of aromatic nitrogens is 2. The Hall–Kier alpha value is -1.06. The van der Waals surface area contributed by atoms with Crippen LogP contribution in [0.15, 0.2) is 18.3 Å². The summed E-state index contributed by atoms with van der Waals surface area (Å²) in [6.45, 7) is 3.25. The van der Waals surface area contributed by atoms with Crippen LogP contribution in [0.5, 0.6) is 0 Å². The number of nitrogens with one attached hydrogen (secondary N) is 1. The van der Waals surface area contributed by atoms with Gasteiger partial charge in [0, 0.05) is 24.4 Å². The summed E-state index contributed by atoms with van der Waals surface area (Å²) in [6, 6.07) is 4.43. The first-order valence-corrected chi connectivity index (χ1v) is 6.49. The lowest BCUT2D eigenvalue weighted by atomic mass is 10.1. The van der Waals surface area contributed by atoms with Gasteiger partial charge in [-0.05, 0) is 38.4 Å². The fourth-order valence-electron chi connectivity index (χ4n) is 2.56. The zero-order valence-corrected chi connectivity index (χ0v) is 10.7. The van der Waals surface area contributed by atoms with Crippen molar-refractivity contribution in [1.82, 2.24) is 14.7 Å². The summed E-state index contributed by atoms with van der Waals surface area (Å²) >= 11 is 6.16. The number of pyridine rings is 1. The highest BCUT2D eigenvalue weighted by atomic mass is 35.5. The van der Waals surface area contributed by atoms with Crippen LogP contribution in [0, 0.1) is 6.92 Å². The first-order valence-electron chi connectivity index (χ1n) is 6.11. The van der Waals surface area contributed by atoms with E-state index in [0.29, 0.717) is 6.04 Å². The highest BCUT2D eigenvalue weighted by molar-refractivity contribution is 6.33. The standard InChI is InChI=1S/C13H16ClN3/c1-9-12(8-10-4-2-6-15-10)16-13-11(14)5-3-7-17(9)13/h3,5,7,10,15H,2,4,6,8H2,1H3. The van der Waals surface area contributed by atoms with Gasteiger partial charge in [-0.2, -0.15) is 0 Å². The number of fused-ring (bicyclic) bond motifs is 1. The highest BCUT2D eigenvalue weighted by Crippen LogP contribution is 2.21. The molecule has 0 spiro atoms. The molecule has 1 atom stereocenters. The van der Waals surface area contributed by atoms with E-state index in [1.54, 1.807) is 0 Å². The lowest BCUT2D eigenvalue weighted by molar-refractivity contribution is 0.595. The van der Waals surface area contributed by atoms with Gasteiger partial charge in [-0.1, -0.05) is 11.6 Å². The zero-order valence-electron chi connectivity index (χ0n) is 9.91. The van der Waals surface area contributed by atoms with Crippen molar-refractivity contribution in [3.8, 4) is 0 Å². The maximum Gasteiger partial charge on any atom is 0.156 e. The Morgan fingerprint density at radius 2 is 2.47 bits per heavy atom. The van der Waals surface area contributed by atoms with E-state index in [2.05, 4.69) is 21.6 Å². The average molecular weight is 250 g/mol. The molecule has 1 aliphatic rings. The summed E-state index contributed by atoms with van der Waals surface area (Å²) < 4.78 is 2.08. The van der Waals surface area contributed by atoms with Crippen LogP contribution >= 0.6 is 11.6 Å². The van der Waals surface area contributed by atoms with Gasteiger partial charge < -0.3 is 9.72 Å². The van der Waals surface area contributed by atoms with Crippen molar-refractivity contribution >= 4 is 17.2 Å². The fourth-order valence-corrected chi connectivity index (χ4v) is 2.76. The number of hydrogen-bond acceptors (Lipinski definition) is 2. The Morgan fingerprint density at radius 3 is 3.18 bits per heavy atom. The predicted molar refractivity (Wildman–Crippen MR) is 69.7 cm³/mol. The molecule has 90 valence electrons. The molecule has 3 nitrogen and oxygen atoms in total. The van der Waals surface area contributed by atoms with Crippen LogP contribution in [0.25, 0.3) is 5.65 Å². The van der Waals surface area contributed by atoms with Crippen LogP contribution in [-0.4, -0.2) is 22.0 Å². The van der Waals surface area contributed by atoms with Crippen LogP contribution in [0.1, 0.15) is 24.2 Å². The second kappa shape index (κ2) is 4.31. The van der Waals surface area contributed by atoms with Crippen LogP contribution in [0.2, 0.25) is 5.02 Å². The van der Waals surface area contributed by atoms with Crippen LogP contribution in [0.4, 0.5) is 0 Å². The number of rotatable bonds is 2. The van der Waals surface area contributed by atoms with Gasteiger partial charge in [-0.25, -0.2) is 4.98 Å². The number of imidazole rings is 1. The topological polar surface area (TPSA) is 29.3 Å². The molecule has 0 bridgehead atoms. The molecule has 1 N–H and O–H groups in total. The van der Waals surface area contributed by atoms with Crippen molar-refractivity contribution < 1.29 is 0 Å². The Kier molecular flexibility index (Phi) is 2.81. The first-order chi connectivity index (χ1) is 8.25. The quantitative estimate of drug-likeness (QED) is 0.887. The molecule has 1 aliphatic heterocycles. The molecule has 0 aliphatic carbocycles. The molecule has 0 saturated carbocycles. The van der Waals surface area contributed by atoms with Gasteiger partial charge in [0.15, 0.2) is 5.65 Å². The Balaban J connectivity index is 1.99. The minimum absolute atomic E-state index is 0.581. The van der Waals surface area contributed by atoms with Crippen LogP contribution in [-0.2, 0) is 6.42 Å². The average Bonchev–Trinajstić information content (AvgIpc) is 2.92. The van der Waals surface area contributed by atoms with E-state index in [9.17, 15) is 0 Å². The molecule has 2 aromatic rings.